The molecule has 1 aromatic rings. The van der Waals surface area contributed by atoms with Gasteiger partial charge in [-0.15, -0.1) is 12.4 Å². The lowest BCUT2D eigenvalue weighted by Gasteiger charge is -2.36. The largest absolute Gasteiger partial charge is 0.398 e. The average Bonchev–Trinajstić information content (AvgIpc) is 2.68. The summed E-state index contributed by atoms with van der Waals surface area (Å²) in [7, 11) is 0. The van der Waals surface area contributed by atoms with Crippen molar-refractivity contribution in [1.29, 1.82) is 0 Å². The number of carbonyl (C=O) groups is 2. The molecular weight excluding hydrogens is 374 g/mol. The first-order valence-electron chi connectivity index (χ1n) is 8.80. The van der Waals surface area contributed by atoms with E-state index in [4.69, 9.17) is 5.73 Å². The molecule has 1 unspecified atom stereocenters. The van der Waals surface area contributed by atoms with E-state index >= 15 is 0 Å². The molecule has 0 radical (unpaired) electrons. The van der Waals surface area contributed by atoms with Crippen molar-refractivity contribution < 1.29 is 14.5 Å². The summed E-state index contributed by atoms with van der Waals surface area (Å²) < 4.78 is 0. The number of nitro groups is 1. The number of carbonyl (C=O) groups excluding carboxylic acids is 2. The lowest BCUT2D eigenvalue weighted by Crippen LogP contribution is -2.52. The Hall–Kier alpha value is -2.39. The molecule has 1 atom stereocenters. The number of hydrogen-bond donors (Lipinski definition) is 2. The molecule has 27 heavy (non-hydrogen) atoms. The maximum absolute atomic E-state index is 12.8. The quantitative estimate of drug-likeness (QED) is 0.443. The number of likely N-dealkylation sites (tertiary alicyclic amines) is 1. The summed E-state index contributed by atoms with van der Waals surface area (Å²) in [6.07, 6.45) is 1.47. The standard InChI is InChI=1S/C17H23N5O4.ClH/c18-15-4-3-13(22(25)26)10-14(15)17(24)21-7-1-2-12(11-21)16(23)20-8-5-19-6-9-20;/h3-4,10,12,19H,1-2,5-9,11,18H2;1H. The smallest absolute Gasteiger partial charge is 0.270 e. The Morgan fingerprint density at radius 1 is 1.19 bits per heavy atom. The van der Waals surface area contributed by atoms with E-state index < -0.39 is 4.92 Å². The second-order valence-electron chi connectivity index (χ2n) is 6.69. The Bertz CT molecular complexity index is 723. The number of piperazine rings is 1. The second-order valence-corrected chi connectivity index (χ2v) is 6.69. The van der Waals surface area contributed by atoms with Crippen molar-refractivity contribution >= 4 is 35.6 Å². The van der Waals surface area contributed by atoms with Crippen LogP contribution in [0.15, 0.2) is 18.2 Å². The maximum Gasteiger partial charge on any atom is 0.270 e. The number of benzene rings is 1. The average molecular weight is 398 g/mol. The molecular formula is C17H24ClN5O4. The summed E-state index contributed by atoms with van der Waals surface area (Å²) in [5.74, 6) is -0.509. The molecule has 1 aromatic carbocycles. The first kappa shape index (κ1) is 20.9. The number of nitrogen functional groups attached to an aromatic ring is 1. The van der Waals surface area contributed by atoms with E-state index in [2.05, 4.69) is 5.32 Å². The van der Waals surface area contributed by atoms with Gasteiger partial charge in [0.25, 0.3) is 11.6 Å². The van der Waals surface area contributed by atoms with Crippen LogP contribution in [0.5, 0.6) is 0 Å². The number of amides is 2. The number of halogens is 1. The van der Waals surface area contributed by atoms with Crippen LogP contribution in [0.25, 0.3) is 0 Å². The summed E-state index contributed by atoms with van der Waals surface area (Å²) in [5.41, 5.74) is 6.01. The van der Waals surface area contributed by atoms with Crippen molar-refractivity contribution in [2.24, 2.45) is 5.92 Å². The molecule has 3 N–H and O–H groups in total. The zero-order chi connectivity index (χ0) is 18.7. The maximum atomic E-state index is 12.8. The molecule has 0 bridgehead atoms. The number of hydrogen-bond acceptors (Lipinski definition) is 6. The van der Waals surface area contributed by atoms with Gasteiger partial charge in [0.1, 0.15) is 0 Å². The summed E-state index contributed by atoms with van der Waals surface area (Å²) in [6.45, 7) is 3.77. The fraction of sp³-hybridized carbons (Fsp3) is 0.529. The third-order valence-corrected chi connectivity index (χ3v) is 4.96. The van der Waals surface area contributed by atoms with Crippen molar-refractivity contribution in [3.63, 3.8) is 0 Å². The molecule has 0 spiro atoms. The Morgan fingerprint density at radius 3 is 2.56 bits per heavy atom. The number of non-ortho nitro benzene ring substituents is 1. The lowest BCUT2D eigenvalue weighted by molar-refractivity contribution is -0.384. The van der Waals surface area contributed by atoms with E-state index in [1.807, 2.05) is 4.90 Å². The first-order valence-corrected chi connectivity index (χ1v) is 8.80. The van der Waals surface area contributed by atoms with Gasteiger partial charge >= 0.3 is 0 Å². The van der Waals surface area contributed by atoms with E-state index in [9.17, 15) is 19.7 Å². The van der Waals surface area contributed by atoms with Gasteiger partial charge in [-0.3, -0.25) is 19.7 Å². The minimum absolute atomic E-state index is 0. The van der Waals surface area contributed by atoms with E-state index in [1.165, 1.54) is 18.2 Å². The predicted molar refractivity (Wildman–Crippen MR) is 103 cm³/mol. The molecule has 2 amide bonds. The third-order valence-electron chi connectivity index (χ3n) is 4.96. The topological polar surface area (TPSA) is 122 Å². The van der Waals surface area contributed by atoms with E-state index in [1.54, 1.807) is 4.90 Å². The number of rotatable bonds is 3. The molecule has 2 fully saturated rings. The number of nitrogens with zero attached hydrogens (tertiary/aromatic N) is 3. The Morgan fingerprint density at radius 2 is 1.89 bits per heavy atom. The Kier molecular flexibility index (Phi) is 6.98. The van der Waals surface area contributed by atoms with Crippen molar-refractivity contribution in [3.05, 3.63) is 33.9 Å². The highest BCUT2D eigenvalue weighted by Gasteiger charge is 2.32. The Labute approximate surface area is 163 Å². The van der Waals surface area contributed by atoms with E-state index in [0.717, 1.165) is 25.9 Å². The number of nitrogens with one attached hydrogen (secondary N) is 1. The zero-order valence-electron chi connectivity index (χ0n) is 14.9. The van der Waals surface area contributed by atoms with Gasteiger partial charge in [0.05, 0.1) is 16.4 Å². The third kappa shape index (κ3) is 4.67. The van der Waals surface area contributed by atoms with Crippen LogP contribution in [0, 0.1) is 16.0 Å². The normalized spacial score (nSPS) is 19.9. The van der Waals surface area contributed by atoms with Gasteiger partial charge in [-0.2, -0.15) is 0 Å². The van der Waals surface area contributed by atoms with Gasteiger partial charge < -0.3 is 20.9 Å². The van der Waals surface area contributed by atoms with Gasteiger partial charge in [0, 0.05) is 57.1 Å². The van der Waals surface area contributed by atoms with Gasteiger partial charge in [0.2, 0.25) is 5.91 Å². The van der Waals surface area contributed by atoms with Crippen molar-refractivity contribution in [2.75, 3.05) is 45.0 Å². The monoisotopic (exact) mass is 397 g/mol. The molecule has 0 aliphatic carbocycles. The van der Waals surface area contributed by atoms with E-state index in [0.29, 0.717) is 26.2 Å². The molecule has 0 saturated carbocycles. The van der Waals surface area contributed by atoms with Gasteiger partial charge in [-0.25, -0.2) is 0 Å². The predicted octanol–water partition coefficient (Wildman–Crippen LogP) is 0.883. The minimum Gasteiger partial charge on any atom is -0.398 e. The molecule has 10 heteroatoms. The zero-order valence-corrected chi connectivity index (χ0v) is 15.7. The van der Waals surface area contributed by atoms with Crippen LogP contribution in [0.3, 0.4) is 0 Å². The van der Waals surface area contributed by atoms with Crippen LogP contribution in [0.2, 0.25) is 0 Å². The van der Waals surface area contributed by atoms with Crippen LogP contribution in [0.1, 0.15) is 23.2 Å². The fourth-order valence-corrected chi connectivity index (χ4v) is 3.52. The SMILES string of the molecule is Cl.Nc1ccc([N+](=O)[O-])cc1C(=O)N1CCCC(C(=O)N2CCNCC2)C1. The lowest BCUT2D eigenvalue weighted by atomic mass is 9.95. The fourth-order valence-electron chi connectivity index (χ4n) is 3.52. The molecule has 2 heterocycles. The molecule has 9 nitrogen and oxygen atoms in total. The van der Waals surface area contributed by atoms with Gasteiger partial charge in [-0.1, -0.05) is 0 Å². The van der Waals surface area contributed by atoms with E-state index in [-0.39, 0.29) is 47.1 Å². The van der Waals surface area contributed by atoms with Crippen LogP contribution in [-0.4, -0.2) is 65.8 Å². The second kappa shape index (κ2) is 9.01. The number of piperidine rings is 1. The molecule has 2 saturated heterocycles. The van der Waals surface area contributed by atoms with Crippen LogP contribution >= 0.6 is 12.4 Å². The summed E-state index contributed by atoms with van der Waals surface area (Å²) in [6, 6.07) is 3.86. The van der Waals surface area contributed by atoms with Crippen molar-refractivity contribution in [3.8, 4) is 0 Å². The van der Waals surface area contributed by atoms with Gasteiger partial charge in [0.15, 0.2) is 0 Å². The minimum atomic E-state index is -0.552. The van der Waals surface area contributed by atoms with Gasteiger partial charge in [-0.05, 0) is 18.9 Å². The number of nitrogens with two attached hydrogens (primary N) is 1. The number of anilines is 1. The van der Waals surface area contributed by atoms with Crippen molar-refractivity contribution in [1.82, 2.24) is 15.1 Å². The first-order chi connectivity index (χ1) is 12.5. The molecule has 148 valence electrons. The summed E-state index contributed by atoms with van der Waals surface area (Å²) in [5, 5.41) is 14.2. The molecule has 2 aliphatic rings. The molecule has 3 rings (SSSR count). The highest BCUT2D eigenvalue weighted by atomic mass is 35.5. The van der Waals surface area contributed by atoms with Crippen LogP contribution in [0.4, 0.5) is 11.4 Å². The van der Waals surface area contributed by atoms with Crippen LogP contribution < -0.4 is 11.1 Å². The van der Waals surface area contributed by atoms with Crippen molar-refractivity contribution in [2.45, 2.75) is 12.8 Å². The highest BCUT2D eigenvalue weighted by Crippen LogP contribution is 2.25. The highest BCUT2D eigenvalue weighted by molar-refractivity contribution is 6.00. The molecule has 0 aromatic heterocycles. The molecule has 2 aliphatic heterocycles. The summed E-state index contributed by atoms with van der Waals surface area (Å²) in [4.78, 5) is 39.4. The summed E-state index contributed by atoms with van der Waals surface area (Å²) >= 11 is 0. The number of nitro benzene ring substituents is 1. The Balaban J connectivity index is 0.00000261. The van der Waals surface area contributed by atoms with Crippen LogP contribution in [-0.2, 0) is 4.79 Å².